The number of benzene rings is 1. The first-order chi connectivity index (χ1) is 11.7. The lowest BCUT2D eigenvalue weighted by Crippen LogP contribution is -2.34. The molecule has 1 aliphatic rings. The molecule has 1 aliphatic heterocycles. The van der Waals surface area contributed by atoms with Crippen molar-refractivity contribution in [3.63, 3.8) is 0 Å². The lowest BCUT2D eigenvalue weighted by atomic mass is 10.0. The summed E-state index contributed by atoms with van der Waals surface area (Å²) in [5.41, 5.74) is 5.44. The molecule has 4 rings (SSSR count). The van der Waals surface area contributed by atoms with E-state index in [0.717, 1.165) is 46.9 Å². The minimum Gasteiger partial charge on any atom is -0.356 e. The molecule has 0 unspecified atom stereocenters. The van der Waals surface area contributed by atoms with Crippen molar-refractivity contribution in [2.75, 3.05) is 18.9 Å². The number of hydrogen-bond acceptors (Lipinski definition) is 3. The van der Waals surface area contributed by atoms with Gasteiger partial charge in [0.1, 0.15) is 0 Å². The third kappa shape index (κ3) is 2.44. The highest BCUT2D eigenvalue weighted by Gasteiger charge is 2.29. The van der Waals surface area contributed by atoms with Crippen molar-refractivity contribution in [2.45, 2.75) is 6.42 Å². The van der Waals surface area contributed by atoms with Crippen molar-refractivity contribution in [3.8, 4) is 11.3 Å². The van der Waals surface area contributed by atoms with Gasteiger partial charge in [0.25, 0.3) is 5.91 Å². The number of aromatic amines is 1. The summed E-state index contributed by atoms with van der Waals surface area (Å²) >= 11 is 0. The summed E-state index contributed by atoms with van der Waals surface area (Å²) in [7, 11) is 1.84. The lowest BCUT2D eigenvalue weighted by molar-refractivity contribution is 0.0781. The van der Waals surface area contributed by atoms with Gasteiger partial charge in [-0.25, -0.2) is 0 Å². The number of para-hydroxylation sites is 1. The molecule has 3 heterocycles. The van der Waals surface area contributed by atoms with Gasteiger partial charge in [0.05, 0.1) is 16.9 Å². The number of fused-ring (bicyclic) bond motifs is 1. The fraction of sp³-hybridized carbons (Fsp3) is 0.158. The second kappa shape index (κ2) is 5.85. The standard InChI is InChI=1S/C19H18N4O/c1-23-12-9-15-16(19(23)24)18(21-14-5-3-2-4-6-14)17(22-15)13-7-10-20-11-8-13/h2-8,10-11,21-22H,9,12H2,1H3. The lowest BCUT2D eigenvalue weighted by Gasteiger charge is -2.23. The van der Waals surface area contributed by atoms with Crippen LogP contribution >= 0.6 is 0 Å². The normalized spacial score (nSPS) is 13.7. The Labute approximate surface area is 140 Å². The number of carbonyl (C=O) groups excluding carboxylic acids is 1. The number of aromatic nitrogens is 2. The molecule has 0 saturated heterocycles. The smallest absolute Gasteiger partial charge is 0.257 e. The van der Waals surface area contributed by atoms with Crippen molar-refractivity contribution < 1.29 is 4.79 Å². The van der Waals surface area contributed by atoms with Crippen LogP contribution in [0, 0.1) is 0 Å². The van der Waals surface area contributed by atoms with Gasteiger partial charge in [-0.1, -0.05) is 18.2 Å². The first-order valence-electron chi connectivity index (χ1n) is 7.97. The third-order valence-corrected chi connectivity index (χ3v) is 4.35. The van der Waals surface area contributed by atoms with Crippen molar-refractivity contribution in [3.05, 3.63) is 66.1 Å². The van der Waals surface area contributed by atoms with Gasteiger partial charge in [0, 0.05) is 49.4 Å². The van der Waals surface area contributed by atoms with E-state index >= 15 is 0 Å². The molecule has 2 N–H and O–H groups in total. The van der Waals surface area contributed by atoms with E-state index in [0.29, 0.717) is 0 Å². The number of rotatable bonds is 3. The molecule has 5 nitrogen and oxygen atoms in total. The Morgan fingerprint density at radius 3 is 2.62 bits per heavy atom. The third-order valence-electron chi connectivity index (χ3n) is 4.35. The molecular formula is C19H18N4O. The summed E-state index contributed by atoms with van der Waals surface area (Å²) in [6.07, 6.45) is 4.34. The number of amides is 1. The minimum atomic E-state index is 0.0474. The zero-order valence-electron chi connectivity index (χ0n) is 13.4. The molecule has 0 bridgehead atoms. The average Bonchev–Trinajstić information content (AvgIpc) is 2.99. The summed E-state index contributed by atoms with van der Waals surface area (Å²) in [6.45, 7) is 0.729. The van der Waals surface area contributed by atoms with Crippen LogP contribution in [-0.2, 0) is 6.42 Å². The van der Waals surface area contributed by atoms with Crippen molar-refractivity contribution in [1.82, 2.24) is 14.9 Å². The van der Waals surface area contributed by atoms with Crippen LogP contribution in [0.15, 0.2) is 54.9 Å². The topological polar surface area (TPSA) is 61.0 Å². The first kappa shape index (κ1) is 14.5. The predicted octanol–water partition coefficient (Wildman–Crippen LogP) is 3.45. The van der Waals surface area contributed by atoms with E-state index in [1.54, 1.807) is 17.3 Å². The highest BCUT2D eigenvalue weighted by molar-refractivity contribution is 6.06. The number of nitrogens with zero attached hydrogens (tertiary/aromatic N) is 2. The fourth-order valence-electron chi connectivity index (χ4n) is 3.07. The quantitative estimate of drug-likeness (QED) is 0.777. The van der Waals surface area contributed by atoms with Gasteiger partial charge < -0.3 is 15.2 Å². The number of pyridine rings is 1. The number of nitrogens with one attached hydrogen (secondary N) is 2. The number of H-pyrrole nitrogens is 1. The van der Waals surface area contributed by atoms with Crippen molar-refractivity contribution >= 4 is 17.3 Å². The second-order valence-electron chi connectivity index (χ2n) is 5.93. The van der Waals surface area contributed by atoms with Crippen LogP contribution in [-0.4, -0.2) is 34.4 Å². The van der Waals surface area contributed by atoms with Gasteiger partial charge in [-0.15, -0.1) is 0 Å². The van der Waals surface area contributed by atoms with Gasteiger partial charge >= 0.3 is 0 Å². The fourth-order valence-corrected chi connectivity index (χ4v) is 3.07. The highest BCUT2D eigenvalue weighted by Crippen LogP contribution is 2.37. The molecule has 3 aromatic rings. The van der Waals surface area contributed by atoms with Crippen molar-refractivity contribution in [2.24, 2.45) is 0 Å². The Kier molecular flexibility index (Phi) is 3.54. The van der Waals surface area contributed by atoms with E-state index in [4.69, 9.17) is 0 Å². The summed E-state index contributed by atoms with van der Waals surface area (Å²) in [6, 6.07) is 13.8. The van der Waals surface area contributed by atoms with Gasteiger partial charge in [0.2, 0.25) is 0 Å². The zero-order valence-corrected chi connectivity index (χ0v) is 13.4. The van der Waals surface area contributed by atoms with E-state index in [2.05, 4.69) is 15.3 Å². The molecule has 120 valence electrons. The SMILES string of the molecule is CN1CCc2[nH]c(-c3ccncc3)c(Nc3ccccc3)c2C1=O. The monoisotopic (exact) mass is 318 g/mol. The molecule has 2 aromatic heterocycles. The number of anilines is 2. The van der Waals surface area contributed by atoms with E-state index in [-0.39, 0.29) is 5.91 Å². The number of hydrogen-bond donors (Lipinski definition) is 2. The van der Waals surface area contributed by atoms with Gasteiger partial charge in [0.15, 0.2) is 0 Å². The molecular weight excluding hydrogens is 300 g/mol. The molecule has 0 spiro atoms. The van der Waals surface area contributed by atoms with Crippen molar-refractivity contribution in [1.29, 1.82) is 0 Å². The Morgan fingerprint density at radius 1 is 1.12 bits per heavy atom. The molecule has 5 heteroatoms. The summed E-state index contributed by atoms with van der Waals surface area (Å²) in [5, 5.41) is 3.43. The molecule has 0 aliphatic carbocycles. The second-order valence-corrected chi connectivity index (χ2v) is 5.93. The van der Waals surface area contributed by atoms with E-state index in [1.807, 2.05) is 49.5 Å². The zero-order chi connectivity index (χ0) is 16.5. The predicted molar refractivity (Wildman–Crippen MR) is 94.4 cm³/mol. The molecule has 1 aromatic carbocycles. The molecule has 0 saturated carbocycles. The highest BCUT2D eigenvalue weighted by atomic mass is 16.2. The maximum atomic E-state index is 12.7. The minimum absolute atomic E-state index is 0.0474. The Bertz CT molecular complexity index is 871. The van der Waals surface area contributed by atoms with Crippen LogP contribution in [0.3, 0.4) is 0 Å². The first-order valence-corrected chi connectivity index (χ1v) is 7.97. The maximum absolute atomic E-state index is 12.7. The van der Waals surface area contributed by atoms with Crippen LogP contribution in [0.1, 0.15) is 16.1 Å². The number of likely N-dealkylation sites (N-methyl/N-ethyl adjacent to an activating group) is 1. The van der Waals surface area contributed by atoms with Crippen LogP contribution in [0.2, 0.25) is 0 Å². The Morgan fingerprint density at radius 2 is 1.88 bits per heavy atom. The maximum Gasteiger partial charge on any atom is 0.257 e. The van der Waals surface area contributed by atoms with Gasteiger partial charge in [-0.3, -0.25) is 9.78 Å². The molecule has 0 fully saturated rings. The number of carbonyl (C=O) groups is 1. The molecule has 0 atom stereocenters. The summed E-state index contributed by atoms with van der Waals surface area (Å²) in [4.78, 5) is 22.0. The van der Waals surface area contributed by atoms with Gasteiger partial charge in [-0.2, -0.15) is 0 Å². The molecule has 24 heavy (non-hydrogen) atoms. The largest absolute Gasteiger partial charge is 0.356 e. The van der Waals surface area contributed by atoms with Crippen LogP contribution in [0.25, 0.3) is 11.3 Å². The Hall–Kier alpha value is -3.08. The van der Waals surface area contributed by atoms with Crippen LogP contribution < -0.4 is 5.32 Å². The molecule has 1 amide bonds. The van der Waals surface area contributed by atoms with Crippen LogP contribution in [0.5, 0.6) is 0 Å². The van der Waals surface area contributed by atoms with Gasteiger partial charge in [-0.05, 0) is 24.3 Å². The van der Waals surface area contributed by atoms with E-state index in [1.165, 1.54) is 0 Å². The van der Waals surface area contributed by atoms with E-state index < -0.39 is 0 Å². The van der Waals surface area contributed by atoms with E-state index in [9.17, 15) is 4.79 Å². The average molecular weight is 318 g/mol. The van der Waals surface area contributed by atoms with Crippen LogP contribution in [0.4, 0.5) is 11.4 Å². The summed E-state index contributed by atoms with van der Waals surface area (Å²) in [5.74, 6) is 0.0474. The molecule has 0 radical (unpaired) electrons. The Balaban J connectivity index is 1.88. The summed E-state index contributed by atoms with van der Waals surface area (Å²) < 4.78 is 0.